The normalized spacial score (nSPS) is 17.2. The molecular formula is C30H28N6O2S. The van der Waals surface area contributed by atoms with Gasteiger partial charge in [0.25, 0.3) is 11.1 Å². The molecule has 8 nitrogen and oxygen atoms in total. The quantitative estimate of drug-likeness (QED) is 0.318. The second-order valence-electron chi connectivity index (χ2n) is 9.73. The smallest absolute Gasteiger partial charge is 0.290 e. The maximum atomic E-state index is 11.8. The van der Waals surface area contributed by atoms with Crippen LogP contribution >= 0.6 is 11.8 Å². The molecule has 0 atom stereocenters. The number of fused-ring (bicyclic) bond motifs is 1. The Balaban J connectivity index is 1.05. The average molecular weight is 537 g/mol. The number of thioether (sulfide) groups is 1. The molecule has 196 valence electrons. The number of nitrogens with one attached hydrogen (secondary N) is 2. The highest BCUT2D eigenvalue weighted by Gasteiger charge is 2.26. The minimum atomic E-state index is -0.379. The van der Waals surface area contributed by atoms with E-state index < -0.39 is 0 Å². The van der Waals surface area contributed by atoms with E-state index >= 15 is 0 Å². The molecule has 4 heterocycles. The van der Waals surface area contributed by atoms with Gasteiger partial charge in [0.05, 0.1) is 16.1 Å². The first-order valence-electron chi connectivity index (χ1n) is 13.1. The second-order valence-corrected chi connectivity index (χ2v) is 10.7. The minimum absolute atomic E-state index is 0.355. The van der Waals surface area contributed by atoms with Gasteiger partial charge in [0, 0.05) is 37.4 Å². The van der Waals surface area contributed by atoms with Crippen LogP contribution in [0.1, 0.15) is 24.1 Å². The summed E-state index contributed by atoms with van der Waals surface area (Å²) in [7, 11) is 0. The molecule has 0 radical (unpaired) electrons. The second kappa shape index (κ2) is 11.3. The summed E-state index contributed by atoms with van der Waals surface area (Å²) in [6.45, 7) is 3.51. The van der Waals surface area contributed by atoms with Crippen LogP contribution in [-0.4, -0.2) is 45.7 Å². The molecular weight excluding hydrogens is 508 g/mol. The van der Waals surface area contributed by atoms with Gasteiger partial charge in [0.15, 0.2) is 0 Å². The Kier molecular flexibility index (Phi) is 7.33. The molecule has 2 aliphatic rings. The van der Waals surface area contributed by atoms with Gasteiger partial charge >= 0.3 is 0 Å². The number of imide groups is 1. The van der Waals surface area contributed by atoms with E-state index in [1.54, 1.807) is 18.3 Å². The van der Waals surface area contributed by atoms with E-state index in [4.69, 9.17) is 0 Å². The number of benzene rings is 2. The van der Waals surface area contributed by atoms with Crippen molar-refractivity contribution in [2.45, 2.75) is 19.4 Å². The van der Waals surface area contributed by atoms with Crippen LogP contribution in [0, 0.1) is 5.92 Å². The molecule has 0 saturated carbocycles. The number of amides is 2. The lowest BCUT2D eigenvalue weighted by atomic mass is 9.95. The third kappa shape index (κ3) is 5.69. The van der Waals surface area contributed by atoms with E-state index in [0.717, 1.165) is 56.3 Å². The lowest BCUT2D eigenvalue weighted by Crippen LogP contribution is -2.38. The van der Waals surface area contributed by atoms with Crippen LogP contribution in [0.2, 0.25) is 0 Å². The number of aromatic nitrogens is 3. The summed E-state index contributed by atoms with van der Waals surface area (Å²) in [5.41, 5.74) is 5.36. The number of piperidine rings is 1. The molecule has 39 heavy (non-hydrogen) atoms. The topological polar surface area (TPSA) is 100 Å². The van der Waals surface area contributed by atoms with Crippen molar-refractivity contribution in [3.63, 3.8) is 0 Å². The zero-order chi connectivity index (χ0) is 26.6. The number of nitrogens with zero attached hydrogens (tertiary/aromatic N) is 4. The Morgan fingerprint density at radius 3 is 2.59 bits per heavy atom. The first kappa shape index (κ1) is 25.2. The summed E-state index contributed by atoms with van der Waals surface area (Å²) in [6, 6.07) is 20.7. The SMILES string of the molecule is O=C1NC(=O)/C(=C/c2ccnc(N3CCC(CNCc4ccccc4-c4ccnc5ccccc45)CC3)n2)S1. The summed E-state index contributed by atoms with van der Waals surface area (Å²) in [6.07, 6.45) is 7.32. The molecule has 0 aliphatic carbocycles. The number of rotatable bonds is 7. The average Bonchev–Trinajstić information content (AvgIpc) is 3.29. The predicted molar refractivity (Wildman–Crippen MR) is 155 cm³/mol. The van der Waals surface area contributed by atoms with Gasteiger partial charge in [-0.2, -0.15) is 0 Å². The van der Waals surface area contributed by atoms with Gasteiger partial charge in [0.1, 0.15) is 0 Å². The van der Waals surface area contributed by atoms with Crippen LogP contribution < -0.4 is 15.5 Å². The van der Waals surface area contributed by atoms with Crippen molar-refractivity contribution >= 4 is 45.8 Å². The van der Waals surface area contributed by atoms with Gasteiger partial charge in [-0.05, 0) is 78.0 Å². The molecule has 2 amide bonds. The number of carbonyl (C=O) groups is 2. The van der Waals surface area contributed by atoms with Crippen LogP contribution in [-0.2, 0) is 11.3 Å². The standard InChI is InChI=1S/C30H28N6O2S/c37-28-27(39-30(38)35-28)17-22-9-13-33-29(34-22)36-15-11-20(12-16-36)18-31-19-21-5-1-2-6-23(21)24-10-14-32-26-8-4-3-7-25(24)26/h1-10,13-14,17,20,31H,11-12,15-16,18-19H2,(H,35,37,38)/b27-17-. The van der Waals surface area contributed by atoms with E-state index in [1.807, 2.05) is 12.3 Å². The fourth-order valence-corrected chi connectivity index (χ4v) is 5.83. The molecule has 2 saturated heterocycles. The highest BCUT2D eigenvalue weighted by molar-refractivity contribution is 8.18. The van der Waals surface area contributed by atoms with Crippen molar-refractivity contribution in [2.75, 3.05) is 24.5 Å². The number of pyridine rings is 1. The fourth-order valence-electron chi connectivity index (χ4n) is 5.17. The molecule has 2 aromatic carbocycles. The molecule has 2 aromatic heterocycles. The molecule has 0 spiro atoms. The number of hydrogen-bond acceptors (Lipinski definition) is 8. The number of carbonyl (C=O) groups excluding carboxylic acids is 2. The Bertz CT molecular complexity index is 1560. The van der Waals surface area contributed by atoms with Gasteiger partial charge in [0.2, 0.25) is 5.95 Å². The highest BCUT2D eigenvalue weighted by atomic mass is 32.2. The highest BCUT2D eigenvalue weighted by Crippen LogP contribution is 2.30. The zero-order valence-electron chi connectivity index (χ0n) is 21.3. The molecule has 4 aromatic rings. The third-order valence-electron chi connectivity index (χ3n) is 7.19. The van der Waals surface area contributed by atoms with E-state index in [1.165, 1.54) is 22.1 Å². The van der Waals surface area contributed by atoms with Gasteiger partial charge in [-0.1, -0.05) is 42.5 Å². The van der Waals surface area contributed by atoms with Crippen molar-refractivity contribution in [3.05, 3.63) is 89.2 Å². The molecule has 6 rings (SSSR count). The summed E-state index contributed by atoms with van der Waals surface area (Å²) in [5.74, 6) is 0.851. The van der Waals surface area contributed by atoms with Gasteiger partial charge in [-0.15, -0.1) is 0 Å². The number of para-hydroxylation sites is 1. The largest absolute Gasteiger partial charge is 0.341 e. The first-order chi connectivity index (χ1) is 19.1. The summed E-state index contributed by atoms with van der Waals surface area (Å²) >= 11 is 0.894. The van der Waals surface area contributed by atoms with Crippen LogP contribution in [0.4, 0.5) is 10.7 Å². The van der Waals surface area contributed by atoms with E-state index in [2.05, 4.69) is 79.0 Å². The lowest BCUT2D eigenvalue weighted by Gasteiger charge is -2.32. The minimum Gasteiger partial charge on any atom is -0.341 e. The summed E-state index contributed by atoms with van der Waals surface area (Å²) < 4.78 is 0. The Labute approximate surface area is 231 Å². The van der Waals surface area contributed by atoms with Crippen molar-refractivity contribution in [1.29, 1.82) is 0 Å². The fraction of sp³-hybridized carbons (Fsp3) is 0.233. The van der Waals surface area contributed by atoms with Gasteiger partial charge in [-0.25, -0.2) is 9.97 Å². The zero-order valence-corrected chi connectivity index (χ0v) is 22.2. The number of anilines is 1. The number of hydrogen-bond donors (Lipinski definition) is 2. The summed E-state index contributed by atoms with van der Waals surface area (Å²) in [4.78, 5) is 39.4. The maximum absolute atomic E-state index is 11.8. The first-order valence-corrected chi connectivity index (χ1v) is 13.9. The molecule has 2 aliphatic heterocycles. The summed E-state index contributed by atoms with van der Waals surface area (Å²) in [5, 5.41) is 6.78. The van der Waals surface area contributed by atoms with Gasteiger partial charge in [-0.3, -0.25) is 19.9 Å². The van der Waals surface area contributed by atoms with Gasteiger partial charge < -0.3 is 10.2 Å². The Hall–Kier alpha value is -4.08. The van der Waals surface area contributed by atoms with Crippen LogP contribution in [0.25, 0.3) is 28.1 Å². The molecule has 2 N–H and O–H groups in total. The van der Waals surface area contributed by atoms with E-state index in [0.29, 0.717) is 22.5 Å². The van der Waals surface area contributed by atoms with E-state index in [9.17, 15) is 9.59 Å². The van der Waals surface area contributed by atoms with Crippen LogP contribution in [0.15, 0.2) is 78.0 Å². The predicted octanol–water partition coefficient (Wildman–Crippen LogP) is 5.02. The van der Waals surface area contributed by atoms with Crippen molar-refractivity contribution in [2.24, 2.45) is 5.92 Å². The Morgan fingerprint density at radius 1 is 0.949 bits per heavy atom. The molecule has 0 unspecified atom stereocenters. The van der Waals surface area contributed by atoms with Crippen LogP contribution in [0.3, 0.4) is 0 Å². The van der Waals surface area contributed by atoms with Crippen molar-refractivity contribution in [1.82, 2.24) is 25.6 Å². The van der Waals surface area contributed by atoms with Crippen molar-refractivity contribution in [3.8, 4) is 11.1 Å². The molecule has 0 bridgehead atoms. The van der Waals surface area contributed by atoms with Crippen molar-refractivity contribution < 1.29 is 9.59 Å². The lowest BCUT2D eigenvalue weighted by molar-refractivity contribution is -0.115. The Morgan fingerprint density at radius 2 is 1.74 bits per heavy atom. The van der Waals surface area contributed by atoms with Crippen LogP contribution in [0.5, 0.6) is 0 Å². The molecule has 9 heteroatoms. The monoisotopic (exact) mass is 536 g/mol. The van der Waals surface area contributed by atoms with E-state index in [-0.39, 0.29) is 11.1 Å². The third-order valence-corrected chi connectivity index (χ3v) is 8.00. The maximum Gasteiger partial charge on any atom is 0.290 e. The molecule has 2 fully saturated rings.